The molecule has 0 aliphatic carbocycles. The molecule has 2 nitrogen and oxygen atoms in total. The maximum absolute atomic E-state index is 9.20. The Morgan fingerprint density at radius 2 is 2.25 bits per heavy atom. The zero-order chi connectivity index (χ0) is 8.97. The molecule has 12 heavy (non-hydrogen) atoms. The van der Waals surface area contributed by atoms with Gasteiger partial charge in [-0.05, 0) is 31.2 Å². The zero-order valence-corrected chi connectivity index (χ0v) is 7.54. The van der Waals surface area contributed by atoms with Gasteiger partial charge in [-0.3, -0.25) is 0 Å². The molecule has 0 fully saturated rings. The Balaban J connectivity index is 2.73. The molecule has 0 spiro atoms. The number of phenolic OH excluding ortho intramolecular Hbond substituents is 1. The fourth-order valence-electron chi connectivity index (χ4n) is 1.22. The Labute approximate surface area is 73.2 Å². The Morgan fingerprint density at radius 1 is 1.50 bits per heavy atom. The van der Waals surface area contributed by atoms with Gasteiger partial charge in [-0.1, -0.05) is 19.1 Å². The highest BCUT2D eigenvalue weighted by molar-refractivity contribution is 5.28. The van der Waals surface area contributed by atoms with Crippen molar-refractivity contribution in [2.24, 2.45) is 0 Å². The molecule has 2 heteroatoms. The summed E-state index contributed by atoms with van der Waals surface area (Å²) >= 11 is 0. The number of nitrogens with one attached hydrogen (secondary N) is 1. The van der Waals surface area contributed by atoms with Crippen molar-refractivity contribution in [1.82, 2.24) is 5.32 Å². The highest BCUT2D eigenvalue weighted by atomic mass is 16.3. The van der Waals surface area contributed by atoms with Gasteiger partial charge in [-0.15, -0.1) is 0 Å². The number of rotatable bonds is 3. The molecular weight excluding hydrogens is 150 g/mol. The molecular formula is C10H15NO. The van der Waals surface area contributed by atoms with E-state index in [1.165, 1.54) is 0 Å². The van der Waals surface area contributed by atoms with Crippen molar-refractivity contribution >= 4 is 0 Å². The summed E-state index contributed by atoms with van der Waals surface area (Å²) in [4.78, 5) is 0. The molecule has 1 atom stereocenters. The van der Waals surface area contributed by atoms with Crippen molar-refractivity contribution in [3.8, 4) is 5.75 Å². The van der Waals surface area contributed by atoms with E-state index in [4.69, 9.17) is 0 Å². The van der Waals surface area contributed by atoms with E-state index >= 15 is 0 Å². The second kappa shape index (κ2) is 4.12. The van der Waals surface area contributed by atoms with Gasteiger partial charge in [0.15, 0.2) is 0 Å². The molecule has 0 heterocycles. The van der Waals surface area contributed by atoms with Crippen molar-refractivity contribution in [3.05, 3.63) is 29.8 Å². The van der Waals surface area contributed by atoms with Crippen LogP contribution < -0.4 is 5.32 Å². The molecule has 0 aromatic heterocycles. The first kappa shape index (κ1) is 9.07. The molecule has 1 aromatic rings. The second-order valence-electron chi connectivity index (χ2n) is 2.87. The van der Waals surface area contributed by atoms with Crippen LogP contribution in [0.1, 0.15) is 25.5 Å². The summed E-state index contributed by atoms with van der Waals surface area (Å²) in [5, 5.41) is 12.5. The number of aromatic hydroxyl groups is 1. The van der Waals surface area contributed by atoms with E-state index in [0.29, 0.717) is 11.8 Å². The van der Waals surface area contributed by atoms with Crippen LogP contribution in [0.15, 0.2) is 24.3 Å². The topological polar surface area (TPSA) is 32.3 Å². The van der Waals surface area contributed by atoms with E-state index < -0.39 is 0 Å². The average molecular weight is 165 g/mol. The maximum Gasteiger partial charge on any atom is 0.115 e. The zero-order valence-electron chi connectivity index (χ0n) is 7.54. The van der Waals surface area contributed by atoms with Gasteiger partial charge in [0.25, 0.3) is 0 Å². The fraction of sp³-hybridized carbons (Fsp3) is 0.400. The van der Waals surface area contributed by atoms with Crippen molar-refractivity contribution in [3.63, 3.8) is 0 Å². The van der Waals surface area contributed by atoms with Crippen LogP contribution in [0.5, 0.6) is 5.75 Å². The fourth-order valence-corrected chi connectivity index (χ4v) is 1.22. The monoisotopic (exact) mass is 165 g/mol. The first-order valence-electron chi connectivity index (χ1n) is 4.26. The van der Waals surface area contributed by atoms with Crippen LogP contribution in [0.2, 0.25) is 0 Å². The molecule has 0 bridgehead atoms. The van der Waals surface area contributed by atoms with Gasteiger partial charge in [0.1, 0.15) is 5.75 Å². The van der Waals surface area contributed by atoms with Crippen LogP contribution in [0, 0.1) is 0 Å². The SMILES string of the molecule is CCN[C@@H](C)c1cccc(O)c1. The lowest BCUT2D eigenvalue weighted by Gasteiger charge is -2.12. The van der Waals surface area contributed by atoms with Crippen LogP contribution in [0.4, 0.5) is 0 Å². The van der Waals surface area contributed by atoms with E-state index in [2.05, 4.69) is 19.2 Å². The third kappa shape index (κ3) is 2.24. The maximum atomic E-state index is 9.20. The molecule has 0 saturated carbocycles. The molecule has 0 aliphatic rings. The van der Waals surface area contributed by atoms with Gasteiger partial charge in [0.05, 0.1) is 0 Å². The largest absolute Gasteiger partial charge is 0.508 e. The second-order valence-corrected chi connectivity index (χ2v) is 2.87. The standard InChI is InChI=1S/C10H15NO/c1-3-11-8(2)9-5-4-6-10(12)7-9/h4-8,11-12H,3H2,1-2H3/t8-/m0/s1. The summed E-state index contributed by atoms with van der Waals surface area (Å²) < 4.78 is 0. The van der Waals surface area contributed by atoms with Crippen LogP contribution in [0.25, 0.3) is 0 Å². The Morgan fingerprint density at radius 3 is 2.83 bits per heavy atom. The van der Waals surface area contributed by atoms with Crippen LogP contribution in [-0.2, 0) is 0 Å². The normalized spacial score (nSPS) is 12.8. The number of hydrogen-bond donors (Lipinski definition) is 2. The predicted molar refractivity (Wildman–Crippen MR) is 50.2 cm³/mol. The Kier molecular flexibility index (Phi) is 3.11. The molecule has 0 saturated heterocycles. The van der Waals surface area contributed by atoms with E-state index in [9.17, 15) is 5.11 Å². The lowest BCUT2D eigenvalue weighted by molar-refractivity contribution is 0.472. The van der Waals surface area contributed by atoms with E-state index in [1.807, 2.05) is 12.1 Å². The number of phenols is 1. The minimum atomic E-state index is 0.307. The minimum Gasteiger partial charge on any atom is -0.508 e. The van der Waals surface area contributed by atoms with E-state index in [1.54, 1.807) is 12.1 Å². The number of benzene rings is 1. The minimum absolute atomic E-state index is 0.307. The number of hydrogen-bond acceptors (Lipinski definition) is 2. The summed E-state index contributed by atoms with van der Waals surface area (Å²) in [5.74, 6) is 0.331. The lowest BCUT2D eigenvalue weighted by Crippen LogP contribution is -2.17. The molecule has 1 aromatic carbocycles. The van der Waals surface area contributed by atoms with Crippen molar-refractivity contribution in [2.75, 3.05) is 6.54 Å². The summed E-state index contributed by atoms with van der Waals surface area (Å²) in [6, 6.07) is 7.64. The first-order chi connectivity index (χ1) is 5.74. The summed E-state index contributed by atoms with van der Waals surface area (Å²) in [6.07, 6.45) is 0. The van der Waals surface area contributed by atoms with Gasteiger partial charge >= 0.3 is 0 Å². The molecule has 0 amide bonds. The van der Waals surface area contributed by atoms with Gasteiger partial charge in [0, 0.05) is 6.04 Å². The Bertz CT molecular complexity index is 247. The van der Waals surface area contributed by atoms with Crippen LogP contribution >= 0.6 is 0 Å². The molecule has 66 valence electrons. The van der Waals surface area contributed by atoms with Crippen molar-refractivity contribution < 1.29 is 5.11 Å². The summed E-state index contributed by atoms with van der Waals surface area (Å²) in [7, 11) is 0. The van der Waals surface area contributed by atoms with Gasteiger partial charge in [-0.25, -0.2) is 0 Å². The predicted octanol–water partition coefficient (Wildman–Crippen LogP) is 2.06. The van der Waals surface area contributed by atoms with Gasteiger partial charge < -0.3 is 10.4 Å². The van der Waals surface area contributed by atoms with Crippen molar-refractivity contribution in [2.45, 2.75) is 19.9 Å². The smallest absolute Gasteiger partial charge is 0.115 e. The molecule has 0 radical (unpaired) electrons. The third-order valence-corrected chi connectivity index (χ3v) is 1.88. The van der Waals surface area contributed by atoms with Crippen LogP contribution in [0.3, 0.4) is 0 Å². The Hall–Kier alpha value is -1.02. The lowest BCUT2D eigenvalue weighted by atomic mass is 10.1. The molecule has 0 unspecified atom stereocenters. The summed E-state index contributed by atoms with van der Waals surface area (Å²) in [6.45, 7) is 5.09. The highest BCUT2D eigenvalue weighted by Crippen LogP contribution is 2.17. The van der Waals surface area contributed by atoms with E-state index in [0.717, 1.165) is 12.1 Å². The first-order valence-corrected chi connectivity index (χ1v) is 4.26. The van der Waals surface area contributed by atoms with Gasteiger partial charge in [0.2, 0.25) is 0 Å². The molecule has 0 aliphatic heterocycles. The molecule has 1 rings (SSSR count). The van der Waals surface area contributed by atoms with Crippen LogP contribution in [-0.4, -0.2) is 11.7 Å². The van der Waals surface area contributed by atoms with Gasteiger partial charge in [-0.2, -0.15) is 0 Å². The van der Waals surface area contributed by atoms with Crippen molar-refractivity contribution in [1.29, 1.82) is 0 Å². The molecule has 2 N–H and O–H groups in total. The quantitative estimate of drug-likeness (QED) is 0.718. The highest BCUT2D eigenvalue weighted by Gasteiger charge is 2.02. The third-order valence-electron chi connectivity index (χ3n) is 1.88. The van der Waals surface area contributed by atoms with E-state index in [-0.39, 0.29) is 0 Å². The average Bonchev–Trinajstić information content (AvgIpc) is 2.05. The summed E-state index contributed by atoms with van der Waals surface area (Å²) in [5.41, 5.74) is 1.12.